The lowest BCUT2D eigenvalue weighted by atomic mass is 9.96. The second-order valence-electron chi connectivity index (χ2n) is 6.76. The molecule has 124 valence electrons. The van der Waals surface area contributed by atoms with E-state index in [0.29, 0.717) is 0 Å². The fourth-order valence-electron chi connectivity index (χ4n) is 3.67. The topological polar surface area (TPSA) is 13.1 Å². The molecular formula is C25H18O. The molecule has 0 bridgehead atoms. The van der Waals surface area contributed by atoms with Gasteiger partial charge in [-0.25, -0.2) is 0 Å². The SMILES string of the molecule is Cc1cc(-c2ccc(-c3ccc4occc4c3)cc2)cc2ccccc12. The highest BCUT2D eigenvalue weighted by molar-refractivity contribution is 5.90. The van der Waals surface area contributed by atoms with E-state index in [4.69, 9.17) is 4.42 Å². The van der Waals surface area contributed by atoms with Crippen molar-refractivity contribution >= 4 is 21.7 Å². The van der Waals surface area contributed by atoms with Crippen LogP contribution in [0, 0.1) is 6.92 Å². The highest BCUT2D eigenvalue weighted by Crippen LogP contribution is 2.30. The molecule has 0 saturated carbocycles. The normalized spacial score (nSPS) is 11.3. The summed E-state index contributed by atoms with van der Waals surface area (Å²) in [5.41, 5.74) is 7.17. The Morgan fingerprint density at radius 3 is 2.12 bits per heavy atom. The van der Waals surface area contributed by atoms with Gasteiger partial charge in [0.2, 0.25) is 0 Å². The summed E-state index contributed by atoms with van der Waals surface area (Å²) < 4.78 is 5.43. The van der Waals surface area contributed by atoms with Crippen molar-refractivity contribution in [1.29, 1.82) is 0 Å². The molecule has 0 unspecified atom stereocenters. The van der Waals surface area contributed by atoms with Gasteiger partial charge in [-0.2, -0.15) is 0 Å². The number of furan rings is 1. The van der Waals surface area contributed by atoms with Crippen molar-refractivity contribution in [3.8, 4) is 22.3 Å². The highest BCUT2D eigenvalue weighted by Gasteiger charge is 2.05. The lowest BCUT2D eigenvalue weighted by molar-refractivity contribution is 0.616. The number of aryl methyl sites for hydroxylation is 1. The van der Waals surface area contributed by atoms with E-state index in [1.54, 1.807) is 6.26 Å². The Morgan fingerprint density at radius 2 is 1.27 bits per heavy atom. The molecule has 0 saturated heterocycles. The fourth-order valence-corrected chi connectivity index (χ4v) is 3.67. The Labute approximate surface area is 152 Å². The molecule has 0 spiro atoms. The van der Waals surface area contributed by atoms with E-state index < -0.39 is 0 Å². The van der Waals surface area contributed by atoms with Gasteiger partial charge in [0, 0.05) is 5.39 Å². The molecule has 0 radical (unpaired) electrons. The highest BCUT2D eigenvalue weighted by atomic mass is 16.3. The van der Waals surface area contributed by atoms with E-state index in [-0.39, 0.29) is 0 Å². The average molecular weight is 334 g/mol. The maximum absolute atomic E-state index is 5.43. The molecule has 0 atom stereocenters. The Kier molecular flexibility index (Phi) is 3.39. The van der Waals surface area contributed by atoms with Crippen LogP contribution in [-0.4, -0.2) is 0 Å². The van der Waals surface area contributed by atoms with Crippen molar-refractivity contribution in [3.63, 3.8) is 0 Å². The first-order chi connectivity index (χ1) is 12.8. The van der Waals surface area contributed by atoms with Gasteiger partial charge in [-0.1, -0.05) is 60.7 Å². The van der Waals surface area contributed by atoms with Crippen molar-refractivity contribution < 1.29 is 4.42 Å². The predicted octanol–water partition coefficient (Wildman–Crippen LogP) is 7.23. The van der Waals surface area contributed by atoms with Gasteiger partial charge in [0.05, 0.1) is 6.26 Å². The van der Waals surface area contributed by atoms with Gasteiger partial charge in [0.1, 0.15) is 5.58 Å². The summed E-state index contributed by atoms with van der Waals surface area (Å²) in [4.78, 5) is 0. The zero-order chi connectivity index (χ0) is 17.5. The van der Waals surface area contributed by atoms with E-state index >= 15 is 0 Å². The molecule has 1 nitrogen and oxygen atoms in total. The maximum atomic E-state index is 5.43. The summed E-state index contributed by atoms with van der Waals surface area (Å²) >= 11 is 0. The number of hydrogen-bond donors (Lipinski definition) is 0. The molecule has 0 N–H and O–H groups in total. The zero-order valence-corrected chi connectivity index (χ0v) is 14.6. The van der Waals surface area contributed by atoms with Crippen LogP contribution in [0.1, 0.15) is 5.56 Å². The molecule has 0 fully saturated rings. The van der Waals surface area contributed by atoms with Crippen LogP contribution in [0.25, 0.3) is 44.0 Å². The summed E-state index contributed by atoms with van der Waals surface area (Å²) in [6, 6.07) is 30.2. The summed E-state index contributed by atoms with van der Waals surface area (Å²) in [5.74, 6) is 0. The third kappa shape index (κ3) is 2.49. The summed E-state index contributed by atoms with van der Waals surface area (Å²) in [6.45, 7) is 2.18. The van der Waals surface area contributed by atoms with Crippen LogP contribution in [0.5, 0.6) is 0 Å². The van der Waals surface area contributed by atoms with E-state index in [1.807, 2.05) is 12.1 Å². The first-order valence-electron chi connectivity index (χ1n) is 8.85. The van der Waals surface area contributed by atoms with Crippen molar-refractivity contribution in [2.75, 3.05) is 0 Å². The predicted molar refractivity (Wildman–Crippen MR) is 109 cm³/mol. The molecule has 0 aliphatic carbocycles. The molecule has 1 aromatic heterocycles. The summed E-state index contributed by atoms with van der Waals surface area (Å²) in [7, 11) is 0. The lowest BCUT2D eigenvalue weighted by Gasteiger charge is -2.09. The number of hydrogen-bond acceptors (Lipinski definition) is 1. The fraction of sp³-hybridized carbons (Fsp3) is 0.0400. The molecule has 5 aromatic rings. The molecule has 5 rings (SSSR count). The third-order valence-corrected chi connectivity index (χ3v) is 5.07. The minimum absolute atomic E-state index is 0.928. The number of rotatable bonds is 2. The van der Waals surface area contributed by atoms with Gasteiger partial charge in [-0.15, -0.1) is 0 Å². The van der Waals surface area contributed by atoms with Crippen LogP contribution < -0.4 is 0 Å². The molecular weight excluding hydrogens is 316 g/mol. The van der Waals surface area contributed by atoms with Crippen molar-refractivity contribution in [3.05, 3.63) is 96.8 Å². The van der Waals surface area contributed by atoms with E-state index in [1.165, 1.54) is 38.6 Å². The second kappa shape index (κ2) is 5.89. The van der Waals surface area contributed by atoms with Crippen LogP contribution in [0.15, 0.2) is 95.6 Å². The Bertz CT molecular complexity index is 1230. The molecule has 1 heteroatoms. The minimum atomic E-state index is 0.928. The second-order valence-corrected chi connectivity index (χ2v) is 6.76. The number of fused-ring (bicyclic) bond motifs is 2. The Morgan fingerprint density at radius 1 is 0.577 bits per heavy atom. The van der Waals surface area contributed by atoms with Gasteiger partial charge >= 0.3 is 0 Å². The minimum Gasteiger partial charge on any atom is -0.464 e. The van der Waals surface area contributed by atoms with E-state index in [2.05, 4.69) is 79.7 Å². The molecule has 4 aromatic carbocycles. The Hall–Kier alpha value is -3.32. The van der Waals surface area contributed by atoms with E-state index in [0.717, 1.165) is 11.0 Å². The van der Waals surface area contributed by atoms with E-state index in [9.17, 15) is 0 Å². The standard InChI is InChI=1S/C25H18O/c1-17-14-23(16-21-4-2-3-5-24(17)21)19-8-6-18(7-9-19)20-10-11-25-22(15-20)12-13-26-25/h2-16H,1H3. The summed E-state index contributed by atoms with van der Waals surface area (Å²) in [5, 5.41) is 3.75. The van der Waals surface area contributed by atoms with Gasteiger partial charge < -0.3 is 4.42 Å². The maximum Gasteiger partial charge on any atom is 0.133 e. The molecule has 0 aliphatic heterocycles. The Balaban J connectivity index is 1.55. The monoisotopic (exact) mass is 334 g/mol. The smallest absolute Gasteiger partial charge is 0.133 e. The molecule has 0 amide bonds. The molecule has 0 aliphatic rings. The van der Waals surface area contributed by atoms with Crippen LogP contribution >= 0.6 is 0 Å². The van der Waals surface area contributed by atoms with Crippen molar-refractivity contribution in [2.45, 2.75) is 6.92 Å². The lowest BCUT2D eigenvalue weighted by Crippen LogP contribution is -1.84. The van der Waals surface area contributed by atoms with Crippen molar-refractivity contribution in [2.24, 2.45) is 0 Å². The largest absolute Gasteiger partial charge is 0.464 e. The average Bonchev–Trinajstić information content (AvgIpc) is 3.16. The first kappa shape index (κ1) is 15.0. The molecule has 1 heterocycles. The van der Waals surface area contributed by atoms with Gasteiger partial charge in [-0.05, 0) is 69.8 Å². The first-order valence-corrected chi connectivity index (χ1v) is 8.85. The van der Waals surface area contributed by atoms with Crippen LogP contribution in [0.2, 0.25) is 0 Å². The summed E-state index contributed by atoms with van der Waals surface area (Å²) in [6.07, 6.45) is 1.74. The number of benzene rings is 4. The zero-order valence-electron chi connectivity index (χ0n) is 14.6. The molecule has 26 heavy (non-hydrogen) atoms. The third-order valence-electron chi connectivity index (χ3n) is 5.07. The van der Waals surface area contributed by atoms with Crippen LogP contribution in [-0.2, 0) is 0 Å². The van der Waals surface area contributed by atoms with Gasteiger partial charge in [-0.3, -0.25) is 0 Å². The van der Waals surface area contributed by atoms with Gasteiger partial charge in [0.15, 0.2) is 0 Å². The van der Waals surface area contributed by atoms with Crippen LogP contribution in [0.3, 0.4) is 0 Å². The quantitative estimate of drug-likeness (QED) is 0.332. The van der Waals surface area contributed by atoms with Gasteiger partial charge in [0.25, 0.3) is 0 Å². The van der Waals surface area contributed by atoms with Crippen molar-refractivity contribution in [1.82, 2.24) is 0 Å². The van der Waals surface area contributed by atoms with Crippen LogP contribution in [0.4, 0.5) is 0 Å².